The zero-order chi connectivity index (χ0) is 20.4. The molecule has 1 atom stereocenters. The number of carboxylic acid groups (broad SMARTS) is 1. The van der Waals surface area contributed by atoms with E-state index in [4.69, 9.17) is 0 Å². The molecule has 0 saturated heterocycles. The number of aliphatic carboxylic acids is 1. The van der Waals surface area contributed by atoms with E-state index in [-0.39, 0.29) is 0 Å². The van der Waals surface area contributed by atoms with Crippen LogP contribution in [0.1, 0.15) is 110 Å². The highest BCUT2D eigenvalue weighted by Crippen LogP contribution is 2.13. The van der Waals surface area contributed by atoms with Crippen LogP contribution < -0.4 is 5.32 Å². The first-order valence-electron chi connectivity index (χ1n) is 11.7. The summed E-state index contributed by atoms with van der Waals surface area (Å²) >= 11 is 0. The van der Waals surface area contributed by atoms with Gasteiger partial charge in [0.15, 0.2) is 0 Å². The van der Waals surface area contributed by atoms with E-state index in [1.54, 1.807) is 0 Å². The lowest BCUT2D eigenvalue weighted by Crippen LogP contribution is -2.58. The normalized spacial score (nSPS) is 13.0. The van der Waals surface area contributed by atoms with Crippen molar-refractivity contribution in [3.05, 3.63) is 0 Å². The molecule has 2 N–H and O–H groups in total. The van der Waals surface area contributed by atoms with Crippen LogP contribution in [-0.4, -0.2) is 49.4 Å². The van der Waals surface area contributed by atoms with Crippen molar-refractivity contribution in [2.75, 3.05) is 27.7 Å². The minimum Gasteiger partial charge on any atom is -0.476 e. The molecule has 0 rings (SSSR count). The molecule has 0 heterocycles. The first-order chi connectivity index (χ1) is 12.9. The largest absolute Gasteiger partial charge is 0.476 e. The van der Waals surface area contributed by atoms with E-state index in [1.165, 1.54) is 96.3 Å². The number of carbonyl (C=O) groups is 1. The highest BCUT2D eigenvalue weighted by atomic mass is 16.4. The molecule has 0 spiro atoms. The molecule has 0 amide bonds. The molecular formula is C23H49N2O2+. The van der Waals surface area contributed by atoms with E-state index in [0.29, 0.717) is 4.48 Å². The van der Waals surface area contributed by atoms with Crippen LogP contribution >= 0.6 is 0 Å². The van der Waals surface area contributed by atoms with Crippen LogP contribution in [-0.2, 0) is 4.79 Å². The highest BCUT2D eigenvalue weighted by Gasteiger charge is 2.30. The Morgan fingerprint density at radius 1 is 0.704 bits per heavy atom. The summed E-state index contributed by atoms with van der Waals surface area (Å²) in [4.78, 5) is 11.3. The molecule has 0 aliphatic rings. The van der Waals surface area contributed by atoms with Crippen molar-refractivity contribution >= 4 is 5.97 Å². The van der Waals surface area contributed by atoms with Crippen LogP contribution in [0.2, 0.25) is 0 Å². The molecule has 0 radical (unpaired) electrons. The van der Waals surface area contributed by atoms with Gasteiger partial charge in [-0.2, -0.15) is 0 Å². The molecule has 0 aliphatic carbocycles. The quantitative estimate of drug-likeness (QED) is 0.154. The third-order valence-corrected chi connectivity index (χ3v) is 5.38. The van der Waals surface area contributed by atoms with Crippen LogP contribution in [0.15, 0.2) is 0 Å². The summed E-state index contributed by atoms with van der Waals surface area (Å²) in [7, 11) is 5.75. The molecular weight excluding hydrogens is 336 g/mol. The number of hydrogen-bond donors (Lipinski definition) is 2. The number of likely N-dealkylation sites (N-methyl/N-ethyl adjacent to an activating group) is 1. The monoisotopic (exact) mass is 385 g/mol. The van der Waals surface area contributed by atoms with Gasteiger partial charge in [-0.05, 0) is 6.42 Å². The molecule has 0 aliphatic heterocycles. The molecule has 4 heteroatoms. The molecule has 1 unspecified atom stereocenters. The van der Waals surface area contributed by atoms with Crippen molar-refractivity contribution in [1.29, 1.82) is 0 Å². The first kappa shape index (κ1) is 26.4. The fourth-order valence-corrected chi connectivity index (χ4v) is 3.60. The smallest absolute Gasteiger partial charge is 0.379 e. The van der Waals surface area contributed by atoms with E-state index in [9.17, 15) is 9.90 Å². The van der Waals surface area contributed by atoms with Gasteiger partial charge in [0.05, 0.1) is 21.1 Å². The molecule has 27 heavy (non-hydrogen) atoms. The second-order valence-electron chi connectivity index (χ2n) is 9.11. The van der Waals surface area contributed by atoms with Crippen molar-refractivity contribution in [3.8, 4) is 0 Å². The maximum Gasteiger partial charge on any atom is 0.379 e. The molecule has 0 aromatic heterocycles. The Balaban J connectivity index is 3.28. The maximum absolute atomic E-state index is 11.3. The number of rotatable bonds is 20. The Morgan fingerprint density at radius 3 is 1.33 bits per heavy atom. The number of nitrogens with one attached hydrogen (secondary N) is 1. The number of quaternary nitrogens is 1. The lowest BCUT2D eigenvalue weighted by molar-refractivity contribution is -0.890. The van der Waals surface area contributed by atoms with Crippen molar-refractivity contribution in [1.82, 2.24) is 5.32 Å². The van der Waals surface area contributed by atoms with E-state index in [1.807, 2.05) is 21.1 Å². The second-order valence-corrected chi connectivity index (χ2v) is 9.11. The third kappa shape index (κ3) is 17.2. The van der Waals surface area contributed by atoms with Crippen molar-refractivity contribution in [2.45, 2.75) is 116 Å². The van der Waals surface area contributed by atoms with Gasteiger partial charge < -0.3 is 9.59 Å². The summed E-state index contributed by atoms with van der Waals surface area (Å²) in [6.07, 6.45) is 21.3. The molecule has 162 valence electrons. The number of hydrogen-bond acceptors (Lipinski definition) is 2. The van der Waals surface area contributed by atoms with Gasteiger partial charge in [0, 0.05) is 6.54 Å². The van der Waals surface area contributed by atoms with E-state index >= 15 is 0 Å². The Labute approximate surface area is 169 Å². The molecule has 0 saturated carbocycles. The summed E-state index contributed by atoms with van der Waals surface area (Å²) in [5.41, 5.74) is 0. The fourth-order valence-electron chi connectivity index (χ4n) is 3.60. The predicted molar refractivity (Wildman–Crippen MR) is 117 cm³/mol. The van der Waals surface area contributed by atoms with Gasteiger partial charge in [0.1, 0.15) is 0 Å². The van der Waals surface area contributed by atoms with Crippen LogP contribution in [0.25, 0.3) is 0 Å². The van der Waals surface area contributed by atoms with Gasteiger partial charge in [-0.25, -0.2) is 4.79 Å². The minimum atomic E-state index is -0.765. The Morgan fingerprint density at radius 2 is 1.04 bits per heavy atom. The van der Waals surface area contributed by atoms with Crippen molar-refractivity contribution < 1.29 is 14.4 Å². The van der Waals surface area contributed by atoms with Crippen molar-refractivity contribution in [3.63, 3.8) is 0 Å². The van der Waals surface area contributed by atoms with E-state index < -0.39 is 12.1 Å². The second kappa shape index (κ2) is 17.5. The van der Waals surface area contributed by atoms with Gasteiger partial charge in [-0.1, -0.05) is 103 Å². The lowest BCUT2D eigenvalue weighted by Gasteiger charge is -2.31. The zero-order valence-electron chi connectivity index (χ0n) is 18.9. The molecule has 0 bridgehead atoms. The lowest BCUT2D eigenvalue weighted by atomic mass is 10.0. The number of unbranched alkanes of at least 4 members (excludes halogenated alkanes) is 15. The van der Waals surface area contributed by atoms with Crippen LogP contribution in [0.5, 0.6) is 0 Å². The maximum atomic E-state index is 11.3. The van der Waals surface area contributed by atoms with Gasteiger partial charge in [0.2, 0.25) is 6.17 Å². The average Bonchev–Trinajstić information content (AvgIpc) is 2.59. The summed E-state index contributed by atoms with van der Waals surface area (Å²) in [6.45, 7) is 3.08. The highest BCUT2D eigenvalue weighted by molar-refractivity contribution is 5.71. The fraction of sp³-hybridized carbons (Fsp3) is 0.957. The zero-order valence-corrected chi connectivity index (χ0v) is 18.9. The standard InChI is InChI=1S/C23H48N2O2/c1-5-6-7-8-9-10-11-12-13-14-15-16-17-18-19-20-21-24-22(23(26)27)25(2,3)4/h22,24H,5-21H2,1-4H3/p+1. The average molecular weight is 386 g/mol. The summed E-state index contributed by atoms with van der Waals surface area (Å²) in [5.74, 6) is -0.765. The van der Waals surface area contributed by atoms with Gasteiger partial charge >= 0.3 is 5.97 Å². The topological polar surface area (TPSA) is 49.3 Å². The van der Waals surface area contributed by atoms with Crippen LogP contribution in [0, 0.1) is 0 Å². The number of carboxylic acids is 1. The minimum absolute atomic E-state index is 0.411. The molecule has 0 aromatic carbocycles. The summed E-state index contributed by atoms with van der Waals surface area (Å²) in [6, 6.07) is 0. The van der Waals surface area contributed by atoms with E-state index in [2.05, 4.69) is 12.2 Å². The Hall–Kier alpha value is -0.610. The third-order valence-electron chi connectivity index (χ3n) is 5.38. The van der Waals surface area contributed by atoms with Gasteiger partial charge in [-0.3, -0.25) is 5.32 Å². The SMILES string of the molecule is CCCCCCCCCCCCCCCCCCNC(C(=O)O)[N+](C)(C)C. The van der Waals surface area contributed by atoms with Gasteiger partial charge in [-0.15, -0.1) is 0 Å². The molecule has 4 nitrogen and oxygen atoms in total. The van der Waals surface area contributed by atoms with Crippen LogP contribution in [0.4, 0.5) is 0 Å². The van der Waals surface area contributed by atoms with Crippen molar-refractivity contribution in [2.24, 2.45) is 0 Å². The van der Waals surface area contributed by atoms with Gasteiger partial charge in [0.25, 0.3) is 0 Å². The summed E-state index contributed by atoms with van der Waals surface area (Å²) in [5, 5.41) is 12.4. The number of nitrogens with zero attached hydrogens (tertiary/aromatic N) is 1. The predicted octanol–water partition coefficient (Wildman–Crippen LogP) is 5.95. The Bertz CT molecular complexity index is 340. The first-order valence-corrected chi connectivity index (χ1v) is 11.7. The van der Waals surface area contributed by atoms with E-state index in [0.717, 1.165) is 13.0 Å². The molecule has 0 aromatic rings. The Kier molecular flexibility index (Phi) is 17.1. The summed E-state index contributed by atoms with van der Waals surface area (Å²) < 4.78 is 0.411. The van der Waals surface area contributed by atoms with Crippen LogP contribution in [0.3, 0.4) is 0 Å². The molecule has 0 fully saturated rings.